The number of aryl methyl sites for hydroxylation is 2. The number of amides is 2. The van der Waals surface area contributed by atoms with E-state index >= 15 is 0 Å². The van der Waals surface area contributed by atoms with E-state index in [0.29, 0.717) is 29.4 Å². The van der Waals surface area contributed by atoms with Crippen molar-refractivity contribution in [3.8, 4) is 0 Å². The molecule has 2 aromatic heterocycles. The number of nitrogens with one attached hydrogen (secondary N) is 3. The molecule has 0 aliphatic heterocycles. The van der Waals surface area contributed by atoms with Crippen LogP contribution >= 0.6 is 23.1 Å². The smallest absolute Gasteiger partial charge is 0.259 e. The summed E-state index contributed by atoms with van der Waals surface area (Å²) in [6, 6.07) is 7.05. The van der Waals surface area contributed by atoms with Crippen molar-refractivity contribution >= 4 is 56.5 Å². The van der Waals surface area contributed by atoms with E-state index in [0.717, 1.165) is 29.5 Å². The molecule has 3 N–H and O–H groups in total. The number of thioether (sulfide) groups is 1. The Bertz CT molecular complexity index is 1190. The van der Waals surface area contributed by atoms with Gasteiger partial charge < -0.3 is 15.6 Å². The standard InChI is InChI=1S/C22H24N4O3S2/c1-2-18(27)23-13-6-5-7-14(10-13)24-19(28)12-30-11-17-25-21(29)20-15-8-3-4-9-16(15)31-22(20)26-17/h5-7,10H,2-4,8-9,11-12H2,1H3,(H,23,27)(H,24,28)(H,25,26,29). The van der Waals surface area contributed by atoms with E-state index < -0.39 is 0 Å². The van der Waals surface area contributed by atoms with Crippen molar-refractivity contribution in [1.82, 2.24) is 9.97 Å². The van der Waals surface area contributed by atoms with E-state index in [9.17, 15) is 14.4 Å². The highest BCUT2D eigenvalue weighted by Gasteiger charge is 2.19. The summed E-state index contributed by atoms with van der Waals surface area (Å²) in [5.41, 5.74) is 2.37. The zero-order valence-electron chi connectivity index (χ0n) is 17.2. The van der Waals surface area contributed by atoms with Gasteiger partial charge in [0.15, 0.2) is 0 Å². The number of thiophene rings is 1. The Balaban J connectivity index is 1.34. The summed E-state index contributed by atoms with van der Waals surface area (Å²) in [4.78, 5) is 46.0. The summed E-state index contributed by atoms with van der Waals surface area (Å²) < 4.78 is 0. The van der Waals surface area contributed by atoms with E-state index in [2.05, 4.69) is 20.6 Å². The van der Waals surface area contributed by atoms with E-state index in [4.69, 9.17) is 0 Å². The molecule has 0 bridgehead atoms. The molecule has 0 spiro atoms. The van der Waals surface area contributed by atoms with Gasteiger partial charge >= 0.3 is 0 Å². The largest absolute Gasteiger partial charge is 0.326 e. The molecule has 2 heterocycles. The first-order valence-electron chi connectivity index (χ1n) is 10.3. The minimum Gasteiger partial charge on any atom is -0.326 e. The van der Waals surface area contributed by atoms with Crippen LogP contribution in [-0.4, -0.2) is 27.5 Å². The lowest BCUT2D eigenvalue weighted by molar-refractivity contribution is -0.116. The molecular formula is C22H24N4O3S2. The number of benzene rings is 1. The summed E-state index contributed by atoms with van der Waals surface area (Å²) in [5.74, 6) is 1.04. The fourth-order valence-corrected chi connectivity index (χ4v) is 5.61. The second kappa shape index (κ2) is 9.65. The van der Waals surface area contributed by atoms with Crippen LogP contribution in [0.25, 0.3) is 10.2 Å². The molecule has 162 valence electrons. The third-order valence-electron chi connectivity index (χ3n) is 5.10. The molecule has 31 heavy (non-hydrogen) atoms. The number of aromatic nitrogens is 2. The zero-order valence-corrected chi connectivity index (χ0v) is 18.9. The van der Waals surface area contributed by atoms with Crippen LogP contribution < -0.4 is 16.2 Å². The van der Waals surface area contributed by atoms with Crippen LogP contribution in [0.5, 0.6) is 0 Å². The van der Waals surface area contributed by atoms with Gasteiger partial charge in [0.2, 0.25) is 11.8 Å². The number of carbonyl (C=O) groups excluding carboxylic acids is 2. The van der Waals surface area contributed by atoms with Gasteiger partial charge in [-0.1, -0.05) is 13.0 Å². The maximum atomic E-state index is 12.6. The molecule has 3 aromatic rings. The van der Waals surface area contributed by atoms with E-state index in [1.165, 1.54) is 28.6 Å². The summed E-state index contributed by atoms with van der Waals surface area (Å²) in [7, 11) is 0. The summed E-state index contributed by atoms with van der Waals surface area (Å²) >= 11 is 3.02. The molecule has 1 aliphatic carbocycles. The van der Waals surface area contributed by atoms with Gasteiger partial charge in [-0.25, -0.2) is 4.98 Å². The zero-order chi connectivity index (χ0) is 21.8. The molecule has 0 radical (unpaired) electrons. The van der Waals surface area contributed by atoms with Gasteiger partial charge in [0.05, 0.1) is 16.9 Å². The summed E-state index contributed by atoms with van der Waals surface area (Å²) in [5, 5.41) is 6.35. The fraction of sp³-hybridized carbons (Fsp3) is 0.364. The predicted molar refractivity (Wildman–Crippen MR) is 127 cm³/mol. The van der Waals surface area contributed by atoms with Crippen LogP contribution in [0.4, 0.5) is 11.4 Å². The maximum absolute atomic E-state index is 12.6. The van der Waals surface area contributed by atoms with Crippen molar-refractivity contribution in [1.29, 1.82) is 0 Å². The minimum atomic E-state index is -0.154. The molecule has 9 heteroatoms. The van der Waals surface area contributed by atoms with Crippen LogP contribution in [0.2, 0.25) is 0 Å². The Hall–Kier alpha value is -2.65. The lowest BCUT2D eigenvalue weighted by Crippen LogP contribution is -2.16. The van der Waals surface area contributed by atoms with Gasteiger partial charge in [-0.2, -0.15) is 0 Å². The second-order valence-electron chi connectivity index (χ2n) is 7.43. The van der Waals surface area contributed by atoms with Crippen LogP contribution in [0.1, 0.15) is 42.5 Å². The first-order valence-corrected chi connectivity index (χ1v) is 12.3. The average molecular weight is 457 g/mol. The monoisotopic (exact) mass is 456 g/mol. The highest BCUT2D eigenvalue weighted by molar-refractivity contribution is 7.99. The number of hydrogen-bond donors (Lipinski definition) is 3. The number of carbonyl (C=O) groups is 2. The van der Waals surface area contributed by atoms with Gasteiger partial charge in [-0.15, -0.1) is 23.1 Å². The summed E-state index contributed by atoms with van der Waals surface area (Å²) in [6.07, 6.45) is 4.67. The average Bonchev–Trinajstić information content (AvgIpc) is 3.12. The third kappa shape index (κ3) is 5.16. The Morgan fingerprint density at radius 1 is 1.16 bits per heavy atom. The van der Waals surface area contributed by atoms with Gasteiger partial charge in [0, 0.05) is 22.7 Å². The molecular weight excluding hydrogens is 432 g/mol. The Morgan fingerprint density at radius 2 is 1.90 bits per heavy atom. The number of rotatable bonds is 7. The highest BCUT2D eigenvalue weighted by atomic mass is 32.2. The van der Waals surface area contributed by atoms with Crippen molar-refractivity contribution in [2.75, 3.05) is 16.4 Å². The summed E-state index contributed by atoms with van der Waals surface area (Å²) in [6.45, 7) is 1.78. The number of hydrogen-bond acceptors (Lipinski definition) is 6. The molecule has 1 aliphatic rings. The lowest BCUT2D eigenvalue weighted by Gasteiger charge is -2.09. The molecule has 0 saturated carbocycles. The highest BCUT2D eigenvalue weighted by Crippen LogP contribution is 2.33. The van der Waals surface area contributed by atoms with E-state index in [-0.39, 0.29) is 23.1 Å². The number of nitrogens with zero attached hydrogens (tertiary/aromatic N) is 1. The van der Waals surface area contributed by atoms with Crippen LogP contribution in [0.15, 0.2) is 29.1 Å². The van der Waals surface area contributed by atoms with Crippen molar-refractivity contribution in [2.24, 2.45) is 0 Å². The van der Waals surface area contributed by atoms with Crippen molar-refractivity contribution < 1.29 is 9.59 Å². The van der Waals surface area contributed by atoms with Crippen LogP contribution in [-0.2, 0) is 28.2 Å². The molecule has 2 amide bonds. The number of fused-ring (bicyclic) bond motifs is 3. The fourth-order valence-electron chi connectivity index (χ4n) is 3.64. The number of anilines is 2. The minimum absolute atomic E-state index is 0.0737. The molecule has 0 fully saturated rings. The van der Waals surface area contributed by atoms with Crippen LogP contribution in [0, 0.1) is 0 Å². The number of H-pyrrole nitrogens is 1. The molecule has 4 rings (SSSR count). The quantitative estimate of drug-likeness (QED) is 0.497. The second-order valence-corrected chi connectivity index (χ2v) is 9.50. The Kier molecular flexibility index (Phi) is 6.72. The third-order valence-corrected chi connectivity index (χ3v) is 7.23. The SMILES string of the molecule is CCC(=O)Nc1cccc(NC(=O)CSCc2nc3sc4c(c3c(=O)[nH]2)CCCC4)c1. The maximum Gasteiger partial charge on any atom is 0.259 e. The van der Waals surface area contributed by atoms with Gasteiger partial charge in [0.1, 0.15) is 10.7 Å². The van der Waals surface area contributed by atoms with Gasteiger partial charge in [0.25, 0.3) is 5.56 Å². The molecule has 1 aromatic carbocycles. The Morgan fingerprint density at radius 3 is 2.68 bits per heavy atom. The van der Waals surface area contributed by atoms with Gasteiger partial charge in [-0.05, 0) is 49.4 Å². The van der Waals surface area contributed by atoms with E-state index in [1.807, 2.05) is 0 Å². The number of aromatic amines is 1. The molecule has 0 saturated heterocycles. The first kappa shape index (κ1) is 21.6. The lowest BCUT2D eigenvalue weighted by atomic mass is 9.97. The molecule has 7 nitrogen and oxygen atoms in total. The van der Waals surface area contributed by atoms with Crippen molar-refractivity contribution in [3.63, 3.8) is 0 Å². The topological polar surface area (TPSA) is 104 Å². The molecule has 0 unspecified atom stereocenters. The van der Waals surface area contributed by atoms with Crippen molar-refractivity contribution in [2.45, 2.75) is 44.8 Å². The first-order chi connectivity index (χ1) is 15.0. The van der Waals surface area contributed by atoms with Crippen molar-refractivity contribution in [3.05, 3.63) is 50.9 Å². The molecule has 0 atom stereocenters. The van der Waals surface area contributed by atoms with E-state index in [1.54, 1.807) is 42.5 Å². The normalized spacial score (nSPS) is 13.1. The van der Waals surface area contributed by atoms with Gasteiger partial charge in [-0.3, -0.25) is 14.4 Å². The Labute approximate surface area is 188 Å². The van der Waals surface area contributed by atoms with Crippen LogP contribution in [0.3, 0.4) is 0 Å². The predicted octanol–water partition coefficient (Wildman–Crippen LogP) is 4.08.